The van der Waals surface area contributed by atoms with Gasteiger partial charge in [0.2, 0.25) is 0 Å². The van der Waals surface area contributed by atoms with Crippen LogP contribution >= 0.6 is 0 Å². The van der Waals surface area contributed by atoms with Crippen LogP contribution in [0.1, 0.15) is 0 Å². The molecule has 0 aromatic carbocycles. The summed E-state index contributed by atoms with van der Waals surface area (Å²) in [6.07, 6.45) is -6.09. The smallest absolute Gasteiger partial charge is 0.386 e. The van der Waals surface area contributed by atoms with Gasteiger partial charge < -0.3 is 4.18 Å². The Balaban J connectivity index is 5.89. The van der Waals surface area contributed by atoms with E-state index in [0.717, 1.165) is 6.08 Å². The molecule has 0 heterocycles. The molecular weight excluding hydrogens is 347 g/mol. The standard InChI is InChI=1S/C8H5F9O3S/c1-2-3-4-20-21(18,19)8(16,17)6(11,12)5(9,10)7(13,14)15/h2-4H,1H2/b4-3-. The average Bonchev–Trinajstić information content (AvgIpc) is 2.26. The van der Waals surface area contributed by atoms with Crippen LogP contribution in [0.5, 0.6) is 0 Å². The van der Waals surface area contributed by atoms with E-state index in [0.29, 0.717) is 6.08 Å². The fourth-order valence-electron chi connectivity index (χ4n) is 0.739. The fraction of sp³-hybridized carbons (Fsp3) is 0.500. The van der Waals surface area contributed by atoms with Gasteiger partial charge in [0.05, 0.1) is 0 Å². The van der Waals surface area contributed by atoms with Gasteiger partial charge in [-0.05, 0) is 6.08 Å². The van der Waals surface area contributed by atoms with Crippen LogP contribution in [0.15, 0.2) is 25.0 Å². The maximum atomic E-state index is 12.9. The van der Waals surface area contributed by atoms with Gasteiger partial charge in [-0.3, -0.25) is 0 Å². The molecule has 0 amide bonds. The monoisotopic (exact) mass is 352 g/mol. The minimum absolute atomic E-state index is 0.169. The molecule has 0 atom stereocenters. The Hall–Kier alpha value is -1.40. The first-order valence-electron chi connectivity index (χ1n) is 4.47. The van der Waals surface area contributed by atoms with Crippen molar-refractivity contribution in [3.05, 3.63) is 25.0 Å². The quantitative estimate of drug-likeness (QED) is 0.318. The summed E-state index contributed by atoms with van der Waals surface area (Å²) in [4.78, 5) is 0. The SMILES string of the molecule is C=C/C=C\OS(=O)(=O)C(F)(F)C(F)(F)C(F)(F)C(F)(F)F. The van der Waals surface area contributed by atoms with Crippen molar-refractivity contribution in [3.8, 4) is 0 Å². The Labute approximate surface area is 111 Å². The van der Waals surface area contributed by atoms with Crippen molar-refractivity contribution < 1.29 is 52.1 Å². The van der Waals surface area contributed by atoms with Crippen molar-refractivity contribution in [1.29, 1.82) is 0 Å². The number of halogens is 9. The Morgan fingerprint density at radius 1 is 0.857 bits per heavy atom. The minimum atomic E-state index is -7.32. The molecule has 0 bridgehead atoms. The number of allylic oxidation sites excluding steroid dienone is 2. The van der Waals surface area contributed by atoms with Crippen LogP contribution in [0.4, 0.5) is 39.5 Å². The van der Waals surface area contributed by atoms with Gasteiger partial charge in [-0.1, -0.05) is 12.7 Å². The summed E-state index contributed by atoms with van der Waals surface area (Å²) in [6, 6.07) is 0. The highest BCUT2D eigenvalue weighted by Gasteiger charge is 2.86. The van der Waals surface area contributed by atoms with Crippen LogP contribution in [0.3, 0.4) is 0 Å². The predicted octanol–water partition coefficient (Wildman–Crippen LogP) is 3.46. The lowest BCUT2D eigenvalue weighted by molar-refractivity contribution is -0.382. The van der Waals surface area contributed by atoms with E-state index in [2.05, 4.69) is 10.8 Å². The van der Waals surface area contributed by atoms with E-state index in [1.165, 1.54) is 0 Å². The van der Waals surface area contributed by atoms with E-state index >= 15 is 0 Å². The van der Waals surface area contributed by atoms with E-state index < -0.39 is 33.4 Å². The Kier molecular flexibility index (Phi) is 5.06. The molecular formula is C8H5F9O3S. The molecule has 13 heteroatoms. The van der Waals surface area contributed by atoms with Gasteiger partial charge in [-0.2, -0.15) is 47.9 Å². The summed E-state index contributed by atoms with van der Waals surface area (Å²) in [5, 5.41) is -6.86. The molecule has 0 aromatic heterocycles. The third-order valence-corrected chi connectivity index (χ3v) is 3.08. The molecule has 124 valence electrons. The summed E-state index contributed by atoms with van der Waals surface area (Å²) >= 11 is 0. The lowest BCUT2D eigenvalue weighted by Crippen LogP contribution is -2.63. The van der Waals surface area contributed by atoms with Crippen molar-refractivity contribution in [3.63, 3.8) is 0 Å². The zero-order valence-electron chi connectivity index (χ0n) is 9.47. The second-order valence-corrected chi connectivity index (χ2v) is 4.89. The van der Waals surface area contributed by atoms with E-state index in [1.807, 2.05) is 0 Å². The van der Waals surface area contributed by atoms with Crippen molar-refractivity contribution in [2.24, 2.45) is 0 Å². The third kappa shape index (κ3) is 3.11. The molecule has 0 spiro atoms. The molecule has 0 aliphatic heterocycles. The summed E-state index contributed by atoms with van der Waals surface area (Å²) in [5.41, 5.74) is 0. The minimum Gasteiger partial charge on any atom is -0.386 e. The normalized spacial score (nSPS) is 15.3. The van der Waals surface area contributed by atoms with Crippen LogP contribution in [0.2, 0.25) is 0 Å². The van der Waals surface area contributed by atoms with Crippen molar-refractivity contribution in [2.75, 3.05) is 0 Å². The van der Waals surface area contributed by atoms with Crippen LogP contribution in [0, 0.1) is 0 Å². The maximum Gasteiger partial charge on any atom is 0.460 e. The van der Waals surface area contributed by atoms with Crippen molar-refractivity contribution >= 4 is 10.1 Å². The molecule has 0 saturated heterocycles. The van der Waals surface area contributed by atoms with Gasteiger partial charge in [0, 0.05) is 0 Å². The zero-order valence-corrected chi connectivity index (χ0v) is 10.3. The highest BCUT2D eigenvalue weighted by molar-refractivity contribution is 7.88. The molecule has 0 unspecified atom stereocenters. The maximum absolute atomic E-state index is 12.9. The number of rotatable bonds is 6. The Morgan fingerprint density at radius 3 is 1.62 bits per heavy atom. The summed E-state index contributed by atoms with van der Waals surface area (Å²) in [7, 11) is -6.83. The number of hydrogen-bond donors (Lipinski definition) is 0. The Morgan fingerprint density at radius 2 is 1.29 bits per heavy atom. The first-order chi connectivity index (χ1) is 9.06. The lowest BCUT2D eigenvalue weighted by Gasteiger charge is -2.32. The highest BCUT2D eigenvalue weighted by atomic mass is 32.2. The first-order valence-corrected chi connectivity index (χ1v) is 5.87. The molecule has 0 aromatic rings. The predicted molar refractivity (Wildman–Crippen MR) is 50.2 cm³/mol. The molecule has 0 saturated carbocycles. The van der Waals surface area contributed by atoms with Gasteiger partial charge in [0.1, 0.15) is 6.26 Å². The molecule has 0 N–H and O–H groups in total. The van der Waals surface area contributed by atoms with E-state index in [9.17, 15) is 47.9 Å². The molecule has 21 heavy (non-hydrogen) atoms. The van der Waals surface area contributed by atoms with Gasteiger partial charge in [-0.15, -0.1) is 0 Å². The van der Waals surface area contributed by atoms with E-state index in [4.69, 9.17) is 0 Å². The second kappa shape index (κ2) is 5.42. The molecule has 0 rings (SSSR count). The largest absolute Gasteiger partial charge is 0.460 e. The molecule has 0 aliphatic rings. The molecule has 3 nitrogen and oxygen atoms in total. The average molecular weight is 352 g/mol. The zero-order chi connectivity index (χ0) is 17.3. The molecule has 0 radical (unpaired) electrons. The fourth-order valence-corrected chi connectivity index (χ4v) is 1.51. The number of hydrogen-bond acceptors (Lipinski definition) is 3. The number of alkyl halides is 9. The highest BCUT2D eigenvalue weighted by Crippen LogP contribution is 2.54. The summed E-state index contributed by atoms with van der Waals surface area (Å²) in [6.45, 7) is 2.90. The van der Waals surface area contributed by atoms with Crippen LogP contribution in [0.25, 0.3) is 0 Å². The third-order valence-electron chi connectivity index (χ3n) is 1.83. The van der Waals surface area contributed by atoms with Crippen LogP contribution in [-0.4, -0.2) is 31.7 Å². The summed E-state index contributed by atoms with van der Waals surface area (Å²) < 4.78 is 136. The van der Waals surface area contributed by atoms with Crippen LogP contribution in [-0.2, 0) is 14.3 Å². The van der Waals surface area contributed by atoms with Gasteiger partial charge in [0.15, 0.2) is 0 Å². The lowest BCUT2D eigenvalue weighted by atomic mass is 10.1. The van der Waals surface area contributed by atoms with E-state index in [-0.39, 0.29) is 6.26 Å². The van der Waals surface area contributed by atoms with Gasteiger partial charge >= 0.3 is 33.4 Å². The Bertz CT molecular complexity index is 518. The molecule has 0 fully saturated rings. The van der Waals surface area contributed by atoms with Gasteiger partial charge in [0.25, 0.3) is 0 Å². The van der Waals surface area contributed by atoms with Gasteiger partial charge in [-0.25, -0.2) is 0 Å². The first kappa shape index (κ1) is 19.6. The molecule has 0 aliphatic carbocycles. The van der Waals surface area contributed by atoms with Crippen molar-refractivity contribution in [1.82, 2.24) is 0 Å². The summed E-state index contributed by atoms with van der Waals surface area (Å²) in [5.74, 6) is -14.6. The second-order valence-electron chi connectivity index (χ2n) is 3.28. The topological polar surface area (TPSA) is 43.4 Å². The van der Waals surface area contributed by atoms with E-state index in [1.54, 1.807) is 0 Å². The van der Waals surface area contributed by atoms with Crippen LogP contribution < -0.4 is 0 Å². The van der Waals surface area contributed by atoms with Crippen molar-refractivity contribution in [2.45, 2.75) is 23.3 Å².